The SMILES string of the molecule is C=CCN(CC=C)Cc1c(CN)oc2ccccc12. The average molecular weight is 256 g/mol. The second kappa shape index (κ2) is 6.36. The van der Waals surface area contributed by atoms with Gasteiger partial charge in [-0.1, -0.05) is 30.4 Å². The molecule has 2 rings (SSSR count). The summed E-state index contributed by atoms with van der Waals surface area (Å²) in [6.45, 7) is 10.4. The summed E-state index contributed by atoms with van der Waals surface area (Å²) in [5, 5.41) is 1.14. The van der Waals surface area contributed by atoms with Crippen molar-refractivity contribution in [3.63, 3.8) is 0 Å². The Morgan fingerprint density at radius 1 is 1.16 bits per heavy atom. The number of nitrogens with zero attached hydrogens (tertiary/aromatic N) is 1. The van der Waals surface area contributed by atoms with Gasteiger partial charge in [-0.05, 0) is 6.07 Å². The minimum Gasteiger partial charge on any atom is -0.459 e. The van der Waals surface area contributed by atoms with Gasteiger partial charge in [0.05, 0.1) is 6.54 Å². The first-order valence-electron chi connectivity index (χ1n) is 6.43. The van der Waals surface area contributed by atoms with Crippen molar-refractivity contribution < 1.29 is 4.42 Å². The summed E-state index contributed by atoms with van der Waals surface area (Å²) in [6, 6.07) is 8.05. The van der Waals surface area contributed by atoms with Crippen LogP contribution in [-0.4, -0.2) is 18.0 Å². The van der Waals surface area contributed by atoms with Gasteiger partial charge in [0, 0.05) is 30.6 Å². The highest BCUT2D eigenvalue weighted by atomic mass is 16.3. The third-order valence-corrected chi connectivity index (χ3v) is 3.12. The maximum Gasteiger partial charge on any atom is 0.134 e. The highest BCUT2D eigenvalue weighted by Gasteiger charge is 2.14. The number of benzene rings is 1. The van der Waals surface area contributed by atoms with Crippen molar-refractivity contribution in [1.29, 1.82) is 0 Å². The van der Waals surface area contributed by atoms with Crippen LogP contribution in [0.3, 0.4) is 0 Å². The van der Waals surface area contributed by atoms with E-state index in [1.807, 2.05) is 30.4 Å². The zero-order valence-corrected chi connectivity index (χ0v) is 11.1. The molecule has 0 amide bonds. The molecule has 0 aliphatic carbocycles. The minimum atomic E-state index is 0.417. The smallest absolute Gasteiger partial charge is 0.134 e. The molecule has 100 valence electrons. The third-order valence-electron chi connectivity index (χ3n) is 3.12. The molecular weight excluding hydrogens is 236 g/mol. The number of nitrogens with two attached hydrogens (primary N) is 1. The van der Waals surface area contributed by atoms with E-state index in [1.165, 1.54) is 5.56 Å². The molecule has 0 bridgehead atoms. The molecule has 1 aromatic carbocycles. The Hall–Kier alpha value is -1.84. The van der Waals surface area contributed by atoms with Crippen LogP contribution in [0.1, 0.15) is 11.3 Å². The van der Waals surface area contributed by atoms with Gasteiger partial charge in [0.15, 0.2) is 0 Å². The van der Waals surface area contributed by atoms with E-state index < -0.39 is 0 Å². The summed E-state index contributed by atoms with van der Waals surface area (Å²) in [5.74, 6) is 0.860. The topological polar surface area (TPSA) is 42.4 Å². The van der Waals surface area contributed by atoms with E-state index in [1.54, 1.807) is 0 Å². The van der Waals surface area contributed by atoms with Crippen LogP contribution in [0, 0.1) is 0 Å². The van der Waals surface area contributed by atoms with E-state index >= 15 is 0 Å². The van der Waals surface area contributed by atoms with E-state index in [-0.39, 0.29) is 0 Å². The van der Waals surface area contributed by atoms with E-state index in [2.05, 4.69) is 24.1 Å². The molecule has 0 saturated carbocycles. The summed E-state index contributed by atoms with van der Waals surface area (Å²) in [5.41, 5.74) is 7.85. The molecule has 2 N–H and O–H groups in total. The maximum absolute atomic E-state index is 5.80. The molecule has 0 radical (unpaired) electrons. The summed E-state index contributed by atoms with van der Waals surface area (Å²) in [6.07, 6.45) is 3.79. The molecule has 2 aromatic rings. The molecule has 0 atom stereocenters. The lowest BCUT2D eigenvalue weighted by atomic mass is 10.1. The van der Waals surface area contributed by atoms with E-state index in [9.17, 15) is 0 Å². The Labute approximate surface area is 114 Å². The highest BCUT2D eigenvalue weighted by molar-refractivity contribution is 5.82. The number of hydrogen-bond donors (Lipinski definition) is 1. The number of furan rings is 1. The van der Waals surface area contributed by atoms with Crippen LogP contribution in [0.2, 0.25) is 0 Å². The van der Waals surface area contributed by atoms with Crippen LogP contribution >= 0.6 is 0 Å². The first-order valence-corrected chi connectivity index (χ1v) is 6.43. The summed E-state index contributed by atoms with van der Waals surface area (Å²) in [4.78, 5) is 2.25. The standard InChI is InChI=1S/C16H20N2O/c1-3-9-18(10-4-2)12-14-13-7-5-6-8-15(13)19-16(14)11-17/h3-8H,1-2,9-12,17H2. The molecule has 1 aromatic heterocycles. The number of hydrogen-bond acceptors (Lipinski definition) is 3. The fraction of sp³-hybridized carbons (Fsp3) is 0.250. The largest absolute Gasteiger partial charge is 0.459 e. The van der Waals surface area contributed by atoms with E-state index in [4.69, 9.17) is 10.2 Å². The van der Waals surface area contributed by atoms with Gasteiger partial charge in [0.1, 0.15) is 11.3 Å². The van der Waals surface area contributed by atoms with Gasteiger partial charge >= 0.3 is 0 Å². The minimum absolute atomic E-state index is 0.417. The van der Waals surface area contributed by atoms with Gasteiger partial charge in [-0.2, -0.15) is 0 Å². The highest BCUT2D eigenvalue weighted by Crippen LogP contribution is 2.26. The molecule has 0 aliphatic rings. The van der Waals surface area contributed by atoms with Gasteiger partial charge in [0.25, 0.3) is 0 Å². The second-order valence-electron chi connectivity index (χ2n) is 4.48. The van der Waals surface area contributed by atoms with Gasteiger partial charge in [-0.3, -0.25) is 4.90 Å². The van der Waals surface area contributed by atoms with Crippen LogP contribution in [0.25, 0.3) is 11.0 Å². The number of para-hydroxylation sites is 1. The van der Waals surface area contributed by atoms with Crippen LogP contribution in [0.5, 0.6) is 0 Å². The molecule has 3 heteroatoms. The van der Waals surface area contributed by atoms with Gasteiger partial charge in [-0.15, -0.1) is 13.2 Å². The zero-order chi connectivity index (χ0) is 13.7. The molecular formula is C16H20N2O. The lowest BCUT2D eigenvalue weighted by molar-refractivity contribution is 0.325. The van der Waals surface area contributed by atoms with Crippen LogP contribution in [0.15, 0.2) is 54.0 Å². The summed E-state index contributed by atoms with van der Waals surface area (Å²) < 4.78 is 5.80. The van der Waals surface area contributed by atoms with Crippen molar-refractivity contribution in [3.05, 3.63) is 60.9 Å². The Morgan fingerprint density at radius 2 is 1.84 bits per heavy atom. The van der Waals surface area contributed by atoms with Gasteiger partial charge in [0.2, 0.25) is 0 Å². The molecule has 0 fully saturated rings. The molecule has 1 heterocycles. The molecule has 0 spiro atoms. The number of fused-ring (bicyclic) bond motifs is 1. The fourth-order valence-electron chi connectivity index (χ4n) is 2.28. The van der Waals surface area contributed by atoms with E-state index in [0.29, 0.717) is 6.54 Å². The Morgan fingerprint density at radius 3 is 2.47 bits per heavy atom. The lowest BCUT2D eigenvalue weighted by Crippen LogP contribution is -2.23. The van der Waals surface area contributed by atoms with Crippen molar-refractivity contribution in [2.75, 3.05) is 13.1 Å². The van der Waals surface area contributed by atoms with Crippen molar-refractivity contribution in [2.24, 2.45) is 5.73 Å². The fourth-order valence-corrected chi connectivity index (χ4v) is 2.28. The van der Waals surface area contributed by atoms with Crippen molar-refractivity contribution in [1.82, 2.24) is 4.90 Å². The van der Waals surface area contributed by atoms with E-state index in [0.717, 1.165) is 36.4 Å². The second-order valence-corrected chi connectivity index (χ2v) is 4.48. The quantitative estimate of drug-likeness (QED) is 0.774. The van der Waals surface area contributed by atoms with Crippen LogP contribution in [0.4, 0.5) is 0 Å². The summed E-state index contributed by atoms with van der Waals surface area (Å²) >= 11 is 0. The third kappa shape index (κ3) is 2.95. The van der Waals surface area contributed by atoms with Crippen LogP contribution in [-0.2, 0) is 13.1 Å². The summed E-state index contributed by atoms with van der Waals surface area (Å²) in [7, 11) is 0. The van der Waals surface area contributed by atoms with Gasteiger partial charge < -0.3 is 10.2 Å². The molecule has 19 heavy (non-hydrogen) atoms. The maximum atomic E-state index is 5.80. The average Bonchev–Trinajstić information content (AvgIpc) is 2.78. The Balaban J connectivity index is 2.36. The van der Waals surface area contributed by atoms with Crippen LogP contribution < -0.4 is 5.73 Å². The first-order chi connectivity index (χ1) is 9.30. The lowest BCUT2D eigenvalue weighted by Gasteiger charge is -2.18. The molecule has 0 aliphatic heterocycles. The Kier molecular flexibility index (Phi) is 4.55. The first kappa shape index (κ1) is 13.6. The predicted molar refractivity (Wildman–Crippen MR) is 79.8 cm³/mol. The van der Waals surface area contributed by atoms with Crippen molar-refractivity contribution in [2.45, 2.75) is 13.1 Å². The molecule has 0 unspecified atom stereocenters. The van der Waals surface area contributed by atoms with Crippen molar-refractivity contribution >= 4 is 11.0 Å². The predicted octanol–water partition coefficient (Wildman–Crippen LogP) is 3.07. The zero-order valence-electron chi connectivity index (χ0n) is 11.1. The Bertz CT molecular complexity index is 561. The number of rotatable bonds is 7. The van der Waals surface area contributed by atoms with Gasteiger partial charge in [-0.25, -0.2) is 0 Å². The van der Waals surface area contributed by atoms with Crippen molar-refractivity contribution in [3.8, 4) is 0 Å². The normalized spacial score (nSPS) is 11.1. The monoisotopic (exact) mass is 256 g/mol. The molecule has 0 saturated heterocycles. The molecule has 3 nitrogen and oxygen atoms in total.